The number of pyridine rings is 2. The fourth-order valence-electron chi connectivity index (χ4n) is 5.06. The van der Waals surface area contributed by atoms with Crippen molar-refractivity contribution in [2.24, 2.45) is 0 Å². The highest BCUT2D eigenvalue weighted by molar-refractivity contribution is 5.91. The molecule has 1 aliphatic heterocycles. The number of rotatable bonds is 8. The number of carbonyl (C=O) groups is 1. The van der Waals surface area contributed by atoms with Crippen molar-refractivity contribution in [2.75, 3.05) is 32.1 Å². The van der Waals surface area contributed by atoms with Gasteiger partial charge in [0.1, 0.15) is 17.7 Å². The highest BCUT2D eigenvalue weighted by Gasteiger charge is 2.37. The van der Waals surface area contributed by atoms with Crippen LogP contribution in [0.3, 0.4) is 0 Å². The van der Waals surface area contributed by atoms with Crippen molar-refractivity contribution in [1.82, 2.24) is 39.7 Å². The Kier molecular flexibility index (Phi) is 7.61. The normalized spacial score (nSPS) is 17.1. The van der Waals surface area contributed by atoms with Crippen molar-refractivity contribution in [1.29, 1.82) is 0 Å². The van der Waals surface area contributed by atoms with E-state index in [-0.39, 0.29) is 0 Å². The van der Waals surface area contributed by atoms with E-state index in [9.17, 15) is 9.18 Å². The number of halogens is 1. The number of ether oxygens (including phenoxy) is 1. The first kappa shape index (κ1) is 27.4. The molecule has 1 aliphatic rings. The summed E-state index contributed by atoms with van der Waals surface area (Å²) in [6, 6.07) is 15.4. The van der Waals surface area contributed by atoms with Crippen LogP contribution in [0.2, 0.25) is 0 Å². The van der Waals surface area contributed by atoms with Gasteiger partial charge in [0, 0.05) is 43.7 Å². The molecule has 12 nitrogen and oxygen atoms in total. The number of methoxy groups -OCH3 is 1. The Morgan fingerprint density at radius 3 is 2.76 bits per heavy atom. The van der Waals surface area contributed by atoms with Crippen molar-refractivity contribution >= 4 is 17.5 Å². The summed E-state index contributed by atoms with van der Waals surface area (Å²) in [5.74, 6) is 0.552. The molecule has 6 rings (SSSR count). The maximum Gasteiger partial charge on any atom is 0.320 e. The minimum absolute atomic E-state index is 0.380. The van der Waals surface area contributed by atoms with E-state index >= 15 is 0 Å². The average molecular weight is 572 g/mol. The molecule has 0 aliphatic carbocycles. The molecule has 0 unspecified atom stereocenters. The van der Waals surface area contributed by atoms with Gasteiger partial charge in [-0.15, -0.1) is 0 Å². The number of hydrogen-bond donors (Lipinski definition) is 2. The lowest BCUT2D eigenvalue weighted by Crippen LogP contribution is -2.42. The minimum atomic E-state index is -0.621. The van der Waals surface area contributed by atoms with Crippen LogP contribution in [0.25, 0.3) is 22.6 Å². The first-order chi connectivity index (χ1) is 20.4. The Labute approximate surface area is 241 Å². The molecule has 2 N–H and O–H groups in total. The van der Waals surface area contributed by atoms with Crippen LogP contribution in [-0.2, 0) is 9.57 Å². The monoisotopic (exact) mass is 571 g/mol. The average Bonchev–Trinajstić information content (AvgIpc) is 3.66. The molecule has 0 bridgehead atoms. The van der Waals surface area contributed by atoms with Gasteiger partial charge in [-0.25, -0.2) is 24.0 Å². The summed E-state index contributed by atoms with van der Waals surface area (Å²) >= 11 is 0. The quantitative estimate of drug-likeness (QED) is 0.269. The number of nitrogens with one attached hydrogen (secondary N) is 2. The second-order valence-electron chi connectivity index (χ2n) is 9.97. The first-order valence-electron chi connectivity index (χ1n) is 13.5. The molecule has 1 saturated heterocycles. The van der Waals surface area contributed by atoms with Gasteiger partial charge >= 0.3 is 6.03 Å². The molecule has 0 spiro atoms. The number of fused-ring (bicyclic) bond motifs is 1. The number of nitrogens with zero attached hydrogens (tertiary/aromatic N) is 7. The van der Waals surface area contributed by atoms with Crippen LogP contribution in [-0.4, -0.2) is 73.3 Å². The molecular formula is C29H30FN9O3. The molecule has 2 amide bonds. The largest absolute Gasteiger partial charge is 0.383 e. The topological polar surface area (TPSA) is 124 Å². The number of hydrogen-bond acceptors (Lipinski definition) is 8. The zero-order valence-corrected chi connectivity index (χ0v) is 23.4. The molecular weight excluding hydrogens is 541 g/mol. The highest BCUT2D eigenvalue weighted by Crippen LogP contribution is 2.32. The Hall–Kier alpha value is -4.72. The summed E-state index contributed by atoms with van der Waals surface area (Å²) in [6.07, 6.45) is 2.63. The number of urea groups is 1. The number of aromatic nitrogens is 6. The Morgan fingerprint density at radius 1 is 1.14 bits per heavy atom. The number of para-hydroxylation sites is 1. The molecule has 4 aromatic heterocycles. The van der Waals surface area contributed by atoms with Crippen LogP contribution in [0.15, 0.2) is 67.0 Å². The van der Waals surface area contributed by atoms with Crippen LogP contribution < -0.4 is 10.6 Å². The summed E-state index contributed by atoms with van der Waals surface area (Å²) in [5.41, 5.74) is 4.35. The molecule has 5 aromatic rings. The molecule has 13 heteroatoms. The van der Waals surface area contributed by atoms with Crippen molar-refractivity contribution in [3.05, 3.63) is 89.9 Å². The zero-order chi connectivity index (χ0) is 29.2. The zero-order valence-electron chi connectivity index (χ0n) is 23.4. The molecule has 1 fully saturated rings. The molecule has 2 atom stereocenters. The third-order valence-electron chi connectivity index (χ3n) is 7.03. The third-order valence-corrected chi connectivity index (χ3v) is 7.03. The predicted molar refractivity (Wildman–Crippen MR) is 152 cm³/mol. The van der Waals surface area contributed by atoms with Gasteiger partial charge in [0.15, 0.2) is 5.65 Å². The lowest BCUT2D eigenvalue weighted by molar-refractivity contribution is -0.154. The summed E-state index contributed by atoms with van der Waals surface area (Å²) in [4.78, 5) is 27.6. The molecule has 0 saturated carbocycles. The molecule has 0 radical (unpaired) electrons. The van der Waals surface area contributed by atoms with Gasteiger partial charge in [0.25, 0.3) is 0 Å². The SMILES string of the molecule is COCCN1C[C@@H](NC(=O)Nc2c(C)c(-c3ccc4nc(C)nn4c3)nn2-c2ccccc2)[C@H](c2ccnc(F)c2)O1. The van der Waals surface area contributed by atoms with Crippen LogP contribution >= 0.6 is 0 Å². The number of anilines is 1. The second kappa shape index (κ2) is 11.6. The number of hydroxylamine groups is 2. The smallest absolute Gasteiger partial charge is 0.320 e. The molecule has 5 heterocycles. The van der Waals surface area contributed by atoms with Gasteiger partial charge in [-0.2, -0.15) is 19.7 Å². The van der Waals surface area contributed by atoms with E-state index in [0.717, 1.165) is 22.5 Å². The van der Waals surface area contributed by atoms with E-state index in [1.54, 1.807) is 27.4 Å². The van der Waals surface area contributed by atoms with Gasteiger partial charge in [0.05, 0.1) is 24.0 Å². The Bertz CT molecular complexity index is 1720. The predicted octanol–water partition coefficient (Wildman–Crippen LogP) is 3.86. The maximum absolute atomic E-state index is 14.0. The van der Waals surface area contributed by atoms with Crippen LogP contribution in [0.4, 0.5) is 15.0 Å². The first-order valence-corrected chi connectivity index (χ1v) is 13.5. The van der Waals surface area contributed by atoms with Gasteiger partial charge in [-0.05, 0) is 55.8 Å². The van der Waals surface area contributed by atoms with Crippen LogP contribution in [0.1, 0.15) is 23.1 Å². The third kappa shape index (κ3) is 5.57. The van der Waals surface area contributed by atoms with Crippen LogP contribution in [0, 0.1) is 19.8 Å². The van der Waals surface area contributed by atoms with Gasteiger partial charge in [0.2, 0.25) is 5.95 Å². The van der Waals surface area contributed by atoms with Gasteiger partial charge in [-0.3, -0.25) is 10.2 Å². The second-order valence-corrected chi connectivity index (χ2v) is 9.97. The van der Waals surface area contributed by atoms with Crippen molar-refractivity contribution in [2.45, 2.75) is 26.0 Å². The van der Waals surface area contributed by atoms with Crippen LogP contribution in [0.5, 0.6) is 0 Å². The maximum atomic E-state index is 14.0. The summed E-state index contributed by atoms with van der Waals surface area (Å²) in [7, 11) is 1.60. The summed E-state index contributed by atoms with van der Waals surface area (Å²) in [5, 5.41) is 17.0. The lowest BCUT2D eigenvalue weighted by Gasteiger charge is -2.19. The lowest BCUT2D eigenvalue weighted by atomic mass is 10.0. The van der Waals surface area contributed by atoms with E-state index in [0.29, 0.717) is 42.6 Å². The Balaban J connectivity index is 1.30. The molecule has 1 aromatic carbocycles. The Morgan fingerprint density at radius 2 is 1.98 bits per heavy atom. The number of carbonyl (C=O) groups excluding carboxylic acids is 1. The van der Waals surface area contributed by atoms with Crippen molar-refractivity contribution < 1.29 is 18.8 Å². The highest BCUT2D eigenvalue weighted by atomic mass is 19.1. The summed E-state index contributed by atoms with van der Waals surface area (Å²) < 4.78 is 22.6. The number of benzene rings is 1. The molecule has 216 valence electrons. The number of amides is 2. The van der Waals surface area contributed by atoms with E-state index in [1.807, 2.05) is 62.5 Å². The van der Waals surface area contributed by atoms with Gasteiger partial charge in [-0.1, -0.05) is 18.2 Å². The summed E-state index contributed by atoms with van der Waals surface area (Å²) in [6.45, 7) is 5.05. The van der Waals surface area contributed by atoms with Crippen molar-refractivity contribution in [3.8, 4) is 16.9 Å². The number of aryl methyl sites for hydroxylation is 1. The molecule has 42 heavy (non-hydrogen) atoms. The van der Waals surface area contributed by atoms with E-state index < -0.39 is 24.1 Å². The van der Waals surface area contributed by atoms with E-state index in [1.165, 1.54) is 12.3 Å². The minimum Gasteiger partial charge on any atom is -0.383 e. The van der Waals surface area contributed by atoms with E-state index in [4.69, 9.17) is 14.7 Å². The van der Waals surface area contributed by atoms with Gasteiger partial charge < -0.3 is 10.1 Å². The fourth-order valence-corrected chi connectivity index (χ4v) is 5.06. The van der Waals surface area contributed by atoms with E-state index in [2.05, 4.69) is 25.7 Å². The fraction of sp³-hybridized carbons (Fsp3) is 0.276. The van der Waals surface area contributed by atoms with Crippen molar-refractivity contribution in [3.63, 3.8) is 0 Å². The standard InChI is InChI=1S/C29H30FN9O3/c1-18-26(21-9-10-25-32-19(2)35-38(25)16-21)36-39(22-7-5-4-6-8-22)28(18)34-29(40)33-23-17-37(13-14-41-3)42-27(23)20-11-12-31-24(30)15-20/h4-12,15-16,23,27H,13-14,17H2,1-3H3,(H2,33,34,40)/t23-,27+/m1/s1.